The minimum absolute atomic E-state index is 0.0306. The van der Waals surface area contributed by atoms with Gasteiger partial charge in [-0.3, -0.25) is 9.48 Å². The number of anilines is 1. The van der Waals surface area contributed by atoms with Gasteiger partial charge in [-0.2, -0.15) is 15.0 Å². The van der Waals surface area contributed by atoms with Gasteiger partial charge in [0.15, 0.2) is 5.82 Å². The molecule has 0 unspecified atom stereocenters. The number of methoxy groups -OCH3 is 1. The first-order valence-corrected chi connectivity index (χ1v) is 9.08. The quantitative estimate of drug-likeness (QED) is 0.543. The maximum atomic E-state index is 13.9. The first-order chi connectivity index (χ1) is 14.1. The molecule has 0 saturated carbocycles. The molecule has 2 heterocycles. The Kier molecular flexibility index (Phi) is 4.94. The molecule has 1 amide bonds. The summed E-state index contributed by atoms with van der Waals surface area (Å²) in [5, 5.41) is 16.3. The Morgan fingerprint density at radius 3 is 2.79 bits per heavy atom. The number of rotatable bonds is 6. The van der Waals surface area contributed by atoms with E-state index in [1.165, 1.54) is 30.2 Å². The van der Waals surface area contributed by atoms with E-state index in [0.717, 1.165) is 10.9 Å². The number of fused-ring (bicyclic) bond motifs is 1. The lowest BCUT2D eigenvalue weighted by atomic mass is 10.1. The predicted octanol–water partition coefficient (Wildman–Crippen LogP) is 3.10. The lowest BCUT2D eigenvalue weighted by Crippen LogP contribution is -2.20. The van der Waals surface area contributed by atoms with Crippen LogP contribution < -0.4 is 10.1 Å². The molecule has 4 aromatic rings. The average molecular weight is 394 g/mol. The summed E-state index contributed by atoms with van der Waals surface area (Å²) in [6, 6.07) is 11.7. The molecule has 4 rings (SSSR count). The van der Waals surface area contributed by atoms with Crippen molar-refractivity contribution < 1.29 is 13.9 Å². The number of hydrogen-bond donors (Lipinski definition) is 1. The van der Waals surface area contributed by atoms with E-state index in [-0.39, 0.29) is 12.5 Å². The number of hydrogen-bond acceptors (Lipinski definition) is 5. The van der Waals surface area contributed by atoms with E-state index in [0.29, 0.717) is 29.4 Å². The molecule has 0 fully saturated rings. The Bertz CT molecular complexity index is 1180. The number of ether oxygens (including phenoxy) is 1. The zero-order chi connectivity index (χ0) is 20.4. The van der Waals surface area contributed by atoms with Crippen molar-refractivity contribution in [2.75, 3.05) is 12.4 Å². The molecule has 0 aliphatic rings. The lowest BCUT2D eigenvalue weighted by molar-refractivity contribution is -0.116. The minimum atomic E-state index is -0.392. The van der Waals surface area contributed by atoms with Gasteiger partial charge in [0.25, 0.3) is 0 Å². The Labute approximate surface area is 165 Å². The number of halogens is 1. The van der Waals surface area contributed by atoms with E-state index in [4.69, 9.17) is 4.74 Å². The fourth-order valence-corrected chi connectivity index (χ4v) is 3.14. The van der Waals surface area contributed by atoms with Gasteiger partial charge >= 0.3 is 0 Å². The van der Waals surface area contributed by atoms with Gasteiger partial charge in [0, 0.05) is 10.9 Å². The molecule has 0 spiro atoms. The summed E-state index contributed by atoms with van der Waals surface area (Å²) in [5.74, 6) is 0.193. The third kappa shape index (κ3) is 3.66. The SMILES string of the molecule is CCn1ncc(NC(=O)Cn2nc(-c3cc(F)ccc3OC)c3ccccc32)n1. The molecule has 1 N–H and O–H groups in total. The average Bonchev–Trinajstić information content (AvgIpc) is 3.32. The van der Waals surface area contributed by atoms with Crippen LogP contribution in [0.1, 0.15) is 6.92 Å². The van der Waals surface area contributed by atoms with E-state index in [1.54, 1.807) is 10.7 Å². The van der Waals surface area contributed by atoms with Gasteiger partial charge in [0.05, 0.1) is 25.4 Å². The van der Waals surface area contributed by atoms with E-state index in [2.05, 4.69) is 20.6 Å². The Morgan fingerprint density at radius 1 is 1.21 bits per heavy atom. The molecule has 2 aromatic carbocycles. The van der Waals surface area contributed by atoms with Gasteiger partial charge in [-0.15, -0.1) is 5.10 Å². The third-order valence-electron chi connectivity index (χ3n) is 4.45. The van der Waals surface area contributed by atoms with Crippen LogP contribution in [0.15, 0.2) is 48.7 Å². The number of amides is 1. The summed E-state index contributed by atoms with van der Waals surface area (Å²) in [7, 11) is 1.52. The minimum Gasteiger partial charge on any atom is -0.496 e. The molecule has 0 bridgehead atoms. The van der Waals surface area contributed by atoms with Crippen molar-refractivity contribution in [2.45, 2.75) is 20.0 Å². The molecular formula is C20H19FN6O2. The number of carbonyl (C=O) groups is 1. The Morgan fingerprint density at radius 2 is 2.03 bits per heavy atom. The fraction of sp³-hybridized carbons (Fsp3) is 0.200. The molecule has 2 aromatic heterocycles. The van der Waals surface area contributed by atoms with Crippen LogP contribution in [0, 0.1) is 5.82 Å². The number of nitrogens with one attached hydrogen (secondary N) is 1. The maximum absolute atomic E-state index is 13.9. The smallest absolute Gasteiger partial charge is 0.247 e. The van der Waals surface area contributed by atoms with E-state index in [9.17, 15) is 9.18 Å². The van der Waals surface area contributed by atoms with Crippen molar-refractivity contribution in [3.05, 3.63) is 54.5 Å². The van der Waals surface area contributed by atoms with Crippen molar-refractivity contribution in [1.82, 2.24) is 24.8 Å². The summed E-state index contributed by atoms with van der Waals surface area (Å²) < 4.78 is 20.8. The highest BCUT2D eigenvalue weighted by molar-refractivity contribution is 5.96. The monoisotopic (exact) mass is 394 g/mol. The number of aromatic nitrogens is 5. The largest absolute Gasteiger partial charge is 0.496 e. The van der Waals surface area contributed by atoms with E-state index < -0.39 is 5.82 Å². The number of benzene rings is 2. The molecular weight excluding hydrogens is 375 g/mol. The van der Waals surface area contributed by atoms with Crippen molar-refractivity contribution in [2.24, 2.45) is 0 Å². The van der Waals surface area contributed by atoms with Crippen molar-refractivity contribution in [3.8, 4) is 17.0 Å². The topological polar surface area (TPSA) is 86.9 Å². The summed E-state index contributed by atoms with van der Waals surface area (Å²) in [6.07, 6.45) is 1.49. The van der Waals surface area contributed by atoms with E-state index >= 15 is 0 Å². The van der Waals surface area contributed by atoms with Gasteiger partial charge in [-0.05, 0) is 31.2 Å². The zero-order valence-electron chi connectivity index (χ0n) is 16.0. The summed E-state index contributed by atoms with van der Waals surface area (Å²) in [6.45, 7) is 2.49. The van der Waals surface area contributed by atoms with Crippen LogP contribution in [0.5, 0.6) is 5.75 Å². The molecule has 148 valence electrons. The summed E-state index contributed by atoms with van der Waals surface area (Å²) >= 11 is 0. The molecule has 29 heavy (non-hydrogen) atoms. The molecule has 0 radical (unpaired) electrons. The normalized spacial score (nSPS) is 11.0. The van der Waals surface area contributed by atoms with Crippen LogP contribution in [0.3, 0.4) is 0 Å². The van der Waals surface area contributed by atoms with Gasteiger partial charge in [-0.1, -0.05) is 18.2 Å². The number of para-hydroxylation sites is 1. The zero-order valence-corrected chi connectivity index (χ0v) is 16.0. The Hall–Kier alpha value is -3.75. The molecule has 9 heteroatoms. The van der Waals surface area contributed by atoms with Gasteiger partial charge in [0.2, 0.25) is 5.91 Å². The molecule has 0 atom stereocenters. The molecule has 0 saturated heterocycles. The third-order valence-corrected chi connectivity index (χ3v) is 4.45. The highest BCUT2D eigenvalue weighted by Gasteiger charge is 2.18. The van der Waals surface area contributed by atoms with Gasteiger partial charge in [0.1, 0.15) is 23.8 Å². The van der Waals surface area contributed by atoms with Crippen LogP contribution in [-0.4, -0.2) is 37.8 Å². The number of aryl methyl sites for hydroxylation is 1. The second kappa shape index (κ2) is 7.70. The fourth-order valence-electron chi connectivity index (χ4n) is 3.14. The van der Waals surface area contributed by atoms with Crippen LogP contribution in [0.4, 0.5) is 10.2 Å². The first-order valence-electron chi connectivity index (χ1n) is 9.08. The Balaban J connectivity index is 1.69. The van der Waals surface area contributed by atoms with E-state index in [1.807, 2.05) is 31.2 Å². The second-order valence-corrected chi connectivity index (χ2v) is 6.33. The van der Waals surface area contributed by atoms with Gasteiger partial charge < -0.3 is 10.1 Å². The van der Waals surface area contributed by atoms with Crippen LogP contribution in [-0.2, 0) is 17.9 Å². The first kappa shape index (κ1) is 18.6. The molecule has 0 aliphatic carbocycles. The predicted molar refractivity (Wildman–Crippen MR) is 106 cm³/mol. The van der Waals surface area contributed by atoms with Gasteiger partial charge in [-0.25, -0.2) is 4.39 Å². The molecule has 0 aliphatic heterocycles. The second-order valence-electron chi connectivity index (χ2n) is 6.33. The maximum Gasteiger partial charge on any atom is 0.247 e. The number of nitrogens with zero attached hydrogens (tertiary/aromatic N) is 5. The van der Waals surface area contributed by atoms with Crippen LogP contribution in [0.25, 0.3) is 22.2 Å². The lowest BCUT2D eigenvalue weighted by Gasteiger charge is -2.06. The van der Waals surface area contributed by atoms with Crippen LogP contribution in [0.2, 0.25) is 0 Å². The highest BCUT2D eigenvalue weighted by Crippen LogP contribution is 2.34. The number of carbonyl (C=O) groups excluding carboxylic acids is 1. The van der Waals surface area contributed by atoms with Crippen molar-refractivity contribution >= 4 is 22.6 Å². The van der Waals surface area contributed by atoms with Crippen molar-refractivity contribution in [3.63, 3.8) is 0 Å². The molecule has 8 nitrogen and oxygen atoms in total. The standard InChI is InChI=1S/C20H19FN6O2/c1-3-27-22-11-18(24-27)23-19(28)12-26-16-7-5-4-6-14(16)20(25-26)15-10-13(21)8-9-17(15)29-2/h4-11H,3,12H2,1-2H3,(H,23,24,28). The van der Waals surface area contributed by atoms with Crippen LogP contribution >= 0.6 is 0 Å². The highest BCUT2D eigenvalue weighted by atomic mass is 19.1. The summed E-state index contributed by atoms with van der Waals surface area (Å²) in [4.78, 5) is 14.0. The summed E-state index contributed by atoms with van der Waals surface area (Å²) in [5.41, 5.74) is 1.82. The van der Waals surface area contributed by atoms with Crippen molar-refractivity contribution in [1.29, 1.82) is 0 Å².